The number of aromatic carboxylic acids is 1. The maximum Gasteiger partial charge on any atom is 0.434 e. The largest absolute Gasteiger partial charge is 0.478 e. The molecule has 1 aromatic heterocycles. The highest BCUT2D eigenvalue weighted by Gasteiger charge is 2.40. The van der Waals surface area contributed by atoms with Gasteiger partial charge in [-0.2, -0.15) is 13.2 Å². The number of carboxylic acids is 1. The Morgan fingerprint density at radius 1 is 1.33 bits per heavy atom. The third-order valence-electron chi connectivity index (χ3n) is 2.90. The van der Waals surface area contributed by atoms with Crippen molar-refractivity contribution >= 4 is 29.3 Å². The molecule has 1 N–H and O–H groups in total. The summed E-state index contributed by atoms with van der Waals surface area (Å²) in [5.74, 6) is -1.89. The highest BCUT2D eigenvalue weighted by Crippen LogP contribution is 2.41. The zero-order valence-electron chi connectivity index (χ0n) is 12.8. The maximum absolute atomic E-state index is 13.3. The Bertz CT molecular complexity index is 608. The molecule has 0 saturated carbocycles. The first kappa shape index (κ1) is 21.0. The number of carboxylic acid groups (broad SMARTS) is 1. The van der Waals surface area contributed by atoms with Crippen LogP contribution in [0.3, 0.4) is 0 Å². The molecule has 0 amide bonds. The van der Waals surface area contributed by atoms with Gasteiger partial charge in [0.25, 0.3) is 6.43 Å². The number of pyridine rings is 1. The van der Waals surface area contributed by atoms with E-state index >= 15 is 0 Å². The second kappa shape index (κ2) is 8.33. The molecule has 3 nitrogen and oxygen atoms in total. The molecule has 0 unspecified atom stereocenters. The molecule has 0 radical (unpaired) electrons. The molecule has 0 aliphatic carbocycles. The average molecular weight is 392 g/mol. The smallest absolute Gasteiger partial charge is 0.434 e. The molecule has 0 spiro atoms. The van der Waals surface area contributed by atoms with Gasteiger partial charge in [0, 0.05) is 16.5 Å². The second-order valence-electron chi connectivity index (χ2n) is 5.27. The highest BCUT2D eigenvalue weighted by atomic mass is 35.5. The minimum absolute atomic E-state index is 0.0160. The normalized spacial score (nSPS) is 12.2. The van der Waals surface area contributed by atoms with Crippen molar-refractivity contribution in [2.75, 3.05) is 11.6 Å². The van der Waals surface area contributed by atoms with Crippen LogP contribution >= 0.6 is 23.4 Å². The summed E-state index contributed by atoms with van der Waals surface area (Å²) < 4.78 is 66.1. The number of carbonyl (C=O) groups is 1. The summed E-state index contributed by atoms with van der Waals surface area (Å²) >= 11 is 6.17. The van der Waals surface area contributed by atoms with Gasteiger partial charge in [0.1, 0.15) is 5.69 Å². The van der Waals surface area contributed by atoms with Crippen LogP contribution in [0.25, 0.3) is 0 Å². The summed E-state index contributed by atoms with van der Waals surface area (Å²) in [6, 6.07) is 0. The molecule has 0 aliphatic rings. The van der Waals surface area contributed by atoms with Gasteiger partial charge in [0.15, 0.2) is 5.69 Å². The fraction of sp³-hybridized carbons (Fsp3) is 0.571. The fourth-order valence-electron chi connectivity index (χ4n) is 2.13. The maximum atomic E-state index is 13.3. The molecule has 1 heterocycles. The standard InChI is InChI=1S/C14H15ClF5NO2S/c1-6(2)5-7-8(13(22)23)9(12(16)17)21-11(14(18,19)20)10(7)24-4-3-15/h6,12H,3-5H2,1-2H3,(H,22,23). The first-order chi connectivity index (χ1) is 11.0. The zero-order chi connectivity index (χ0) is 18.7. The van der Waals surface area contributed by atoms with Gasteiger partial charge in [-0.15, -0.1) is 23.4 Å². The van der Waals surface area contributed by atoms with Gasteiger partial charge in [0.05, 0.1) is 5.56 Å². The third-order valence-corrected chi connectivity index (χ3v) is 4.45. The topological polar surface area (TPSA) is 50.2 Å². The van der Waals surface area contributed by atoms with E-state index in [9.17, 15) is 31.9 Å². The van der Waals surface area contributed by atoms with E-state index in [1.165, 1.54) is 0 Å². The SMILES string of the molecule is CC(C)Cc1c(SCCCl)c(C(F)(F)F)nc(C(F)F)c1C(=O)O. The van der Waals surface area contributed by atoms with Gasteiger partial charge in [-0.1, -0.05) is 13.8 Å². The third kappa shape index (κ3) is 4.95. The summed E-state index contributed by atoms with van der Waals surface area (Å²) in [5.41, 5.74) is -3.98. The van der Waals surface area contributed by atoms with Crippen LogP contribution in [0.2, 0.25) is 0 Å². The fourth-order valence-corrected chi connectivity index (χ4v) is 3.30. The van der Waals surface area contributed by atoms with Crippen molar-refractivity contribution in [1.82, 2.24) is 4.98 Å². The van der Waals surface area contributed by atoms with E-state index in [2.05, 4.69) is 4.98 Å². The van der Waals surface area contributed by atoms with Crippen molar-refractivity contribution in [2.45, 2.75) is 37.8 Å². The number of thioether (sulfide) groups is 1. The number of nitrogens with zero attached hydrogens (tertiary/aromatic N) is 1. The monoisotopic (exact) mass is 391 g/mol. The zero-order valence-corrected chi connectivity index (χ0v) is 14.3. The number of alkyl halides is 6. The van der Waals surface area contributed by atoms with Crippen molar-refractivity contribution in [3.63, 3.8) is 0 Å². The molecule has 136 valence electrons. The Morgan fingerprint density at radius 2 is 1.92 bits per heavy atom. The van der Waals surface area contributed by atoms with E-state index in [0.29, 0.717) is 11.8 Å². The molecule has 0 aliphatic heterocycles. The van der Waals surface area contributed by atoms with Crippen LogP contribution in [0.1, 0.15) is 47.6 Å². The summed E-state index contributed by atoms with van der Waals surface area (Å²) in [5, 5.41) is 9.26. The van der Waals surface area contributed by atoms with Crippen molar-refractivity contribution in [1.29, 1.82) is 0 Å². The Labute approximate surface area is 144 Å². The highest BCUT2D eigenvalue weighted by molar-refractivity contribution is 7.99. The number of aromatic nitrogens is 1. The van der Waals surface area contributed by atoms with Gasteiger partial charge < -0.3 is 5.11 Å². The second-order valence-corrected chi connectivity index (χ2v) is 6.75. The van der Waals surface area contributed by atoms with E-state index < -0.39 is 40.4 Å². The van der Waals surface area contributed by atoms with Crippen molar-refractivity contribution in [3.8, 4) is 0 Å². The molecule has 1 rings (SSSR count). The van der Waals surface area contributed by atoms with Crippen LogP contribution in [0.5, 0.6) is 0 Å². The molecule has 0 bridgehead atoms. The lowest BCUT2D eigenvalue weighted by Gasteiger charge is -2.21. The van der Waals surface area contributed by atoms with Crippen LogP contribution in [0.4, 0.5) is 22.0 Å². The van der Waals surface area contributed by atoms with E-state index in [0.717, 1.165) is 0 Å². The molecule has 0 saturated heterocycles. The summed E-state index contributed by atoms with van der Waals surface area (Å²) in [6.07, 6.45) is -8.52. The van der Waals surface area contributed by atoms with Crippen molar-refractivity contribution in [2.24, 2.45) is 5.92 Å². The van der Waals surface area contributed by atoms with Gasteiger partial charge in [-0.05, 0) is 17.9 Å². The van der Waals surface area contributed by atoms with Gasteiger partial charge >= 0.3 is 12.1 Å². The molecule has 1 aromatic rings. The minimum atomic E-state index is -4.99. The summed E-state index contributed by atoms with van der Waals surface area (Å²) in [7, 11) is 0. The lowest BCUT2D eigenvalue weighted by Crippen LogP contribution is -2.20. The van der Waals surface area contributed by atoms with Crippen LogP contribution in [-0.4, -0.2) is 27.7 Å². The van der Waals surface area contributed by atoms with Gasteiger partial charge in [-0.25, -0.2) is 18.6 Å². The van der Waals surface area contributed by atoms with Crippen molar-refractivity contribution < 1.29 is 31.9 Å². The molecule has 10 heteroatoms. The molecular weight excluding hydrogens is 377 g/mol. The van der Waals surface area contributed by atoms with Gasteiger partial charge in [-0.3, -0.25) is 0 Å². The predicted molar refractivity (Wildman–Crippen MR) is 81.1 cm³/mol. The number of hydrogen-bond acceptors (Lipinski definition) is 3. The molecule has 0 aromatic carbocycles. The predicted octanol–water partition coefficient (Wildman–Crippen LogP) is 5.27. The number of rotatable bonds is 7. The van der Waals surface area contributed by atoms with Gasteiger partial charge in [0.2, 0.25) is 0 Å². The van der Waals surface area contributed by atoms with E-state index in [1.807, 2.05) is 0 Å². The first-order valence-electron chi connectivity index (χ1n) is 6.84. The van der Waals surface area contributed by atoms with Crippen LogP contribution < -0.4 is 0 Å². The quantitative estimate of drug-likeness (QED) is 0.391. The lowest BCUT2D eigenvalue weighted by atomic mass is 9.96. The first-order valence-corrected chi connectivity index (χ1v) is 8.36. The van der Waals surface area contributed by atoms with Crippen LogP contribution in [-0.2, 0) is 12.6 Å². The van der Waals surface area contributed by atoms with E-state index in [4.69, 9.17) is 11.6 Å². The molecule has 24 heavy (non-hydrogen) atoms. The van der Waals surface area contributed by atoms with Crippen LogP contribution in [0.15, 0.2) is 4.90 Å². The molecule has 0 atom stereocenters. The minimum Gasteiger partial charge on any atom is -0.478 e. The number of halogens is 6. The Hall–Kier alpha value is -1.09. The average Bonchev–Trinajstić information content (AvgIpc) is 2.42. The van der Waals surface area contributed by atoms with Crippen molar-refractivity contribution in [3.05, 3.63) is 22.5 Å². The Kier molecular flexibility index (Phi) is 7.27. The van der Waals surface area contributed by atoms with E-state index in [-0.39, 0.29) is 29.5 Å². The molecular formula is C14H15ClF5NO2S. The Morgan fingerprint density at radius 3 is 2.29 bits per heavy atom. The number of hydrogen-bond donors (Lipinski definition) is 1. The van der Waals surface area contributed by atoms with Crippen LogP contribution in [0, 0.1) is 5.92 Å². The van der Waals surface area contributed by atoms with E-state index in [1.54, 1.807) is 13.8 Å². The lowest BCUT2D eigenvalue weighted by molar-refractivity contribution is -0.143. The summed E-state index contributed by atoms with van der Waals surface area (Å²) in [6.45, 7) is 3.30. The summed E-state index contributed by atoms with van der Waals surface area (Å²) in [4.78, 5) is 13.9. The molecule has 0 fully saturated rings. The Balaban J connectivity index is 3.84.